The van der Waals surface area contributed by atoms with Gasteiger partial charge in [0, 0.05) is 24.4 Å². The molecule has 1 aromatic rings. The van der Waals surface area contributed by atoms with Gasteiger partial charge in [0.2, 0.25) is 0 Å². The molecular formula is C30H47NO2. The lowest BCUT2D eigenvalue weighted by Gasteiger charge is -2.31. The number of nitrogens with zero attached hydrogens (tertiary/aromatic N) is 1. The molecule has 0 aromatic heterocycles. The highest BCUT2D eigenvalue weighted by Crippen LogP contribution is 2.34. The summed E-state index contributed by atoms with van der Waals surface area (Å²) in [5, 5.41) is 0. The van der Waals surface area contributed by atoms with E-state index in [-0.39, 0.29) is 11.9 Å². The number of hydrogen-bond acceptors (Lipinski definition) is 3. The van der Waals surface area contributed by atoms with Gasteiger partial charge in [0.15, 0.2) is 0 Å². The first kappa shape index (κ1) is 27.2. The fraction of sp³-hybridized carbons (Fsp3) is 0.633. The lowest BCUT2D eigenvalue weighted by molar-refractivity contribution is -0.136. The number of allylic oxidation sites excluding steroid dienone is 2. The van der Waals surface area contributed by atoms with Crippen LogP contribution in [0.5, 0.6) is 0 Å². The van der Waals surface area contributed by atoms with Crippen molar-refractivity contribution in [1.29, 1.82) is 0 Å². The van der Waals surface area contributed by atoms with Crippen molar-refractivity contribution < 1.29 is 9.53 Å². The standard InChI is InChI=1S/C30H47NO2/c1-4-5-6-7-8-9-10-11-12-13-14-15-16-20-24-31-25-23-28(27-21-18-17-19-22-27)29(26(31)2)30(32)33-3/h17-19,21-23,25,28H,4-16,20,24H2,1-3H3. The molecule has 0 fully saturated rings. The largest absolute Gasteiger partial charge is 0.466 e. The molecule has 0 N–H and O–H groups in total. The monoisotopic (exact) mass is 453 g/mol. The van der Waals surface area contributed by atoms with E-state index in [9.17, 15) is 4.79 Å². The van der Waals surface area contributed by atoms with Crippen molar-refractivity contribution in [2.75, 3.05) is 13.7 Å². The zero-order valence-corrected chi connectivity index (χ0v) is 21.5. The highest BCUT2D eigenvalue weighted by atomic mass is 16.5. The third kappa shape index (κ3) is 9.78. The van der Waals surface area contributed by atoms with Crippen molar-refractivity contribution in [3.8, 4) is 0 Å². The molecule has 2 rings (SSSR count). The maximum Gasteiger partial charge on any atom is 0.336 e. The molecule has 1 unspecified atom stereocenters. The number of carbonyl (C=O) groups excluding carboxylic acids is 1. The minimum Gasteiger partial charge on any atom is -0.466 e. The van der Waals surface area contributed by atoms with Crippen LogP contribution in [0, 0.1) is 0 Å². The topological polar surface area (TPSA) is 29.5 Å². The molecule has 0 aliphatic carbocycles. The molecule has 1 atom stereocenters. The molecule has 1 aromatic carbocycles. The molecule has 1 aliphatic heterocycles. The molecule has 1 aliphatic rings. The number of rotatable bonds is 17. The lowest BCUT2D eigenvalue weighted by Crippen LogP contribution is -2.27. The van der Waals surface area contributed by atoms with Crippen LogP contribution >= 0.6 is 0 Å². The first-order valence-corrected chi connectivity index (χ1v) is 13.5. The second-order valence-electron chi connectivity index (χ2n) is 9.51. The van der Waals surface area contributed by atoms with E-state index in [2.05, 4.69) is 43.2 Å². The molecular weight excluding hydrogens is 406 g/mol. The van der Waals surface area contributed by atoms with E-state index in [1.54, 1.807) is 0 Å². The summed E-state index contributed by atoms with van der Waals surface area (Å²) in [6.45, 7) is 5.29. The van der Waals surface area contributed by atoms with Gasteiger partial charge in [-0.2, -0.15) is 0 Å². The molecule has 0 spiro atoms. The molecule has 3 heteroatoms. The highest BCUT2D eigenvalue weighted by Gasteiger charge is 2.28. The van der Waals surface area contributed by atoms with Gasteiger partial charge >= 0.3 is 5.97 Å². The molecule has 184 valence electrons. The Morgan fingerprint density at radius 2 is 1.33 bits per heavy atom. The Hall–Kier alpha value is -2.03. The number of esters is 1. The van der Waals surface area contributed by atoms with Crippen molar-refractivity contribution >= 4 is 5.97 Å². The van der Waals surface area contributed by atoms with Crippen LogP contribution in [0.25, 0.3) is 0 Å². The van der Waals surface area contributed by atoms with Crippen molar-refractivity contribution in [2.45, 2.75) is 110 Å². The Balaban J connectivity index is 1.63. The first-order chi connectivity index (χ1) is 16.2. The minimum atomic E-state index is -0.225. The summed E-state index contributed by atoms with van der Waals surface area (Å²) >= 11 is 0. The van der Waals surface area contributed by atoms with E-state index in [4.69, 9.17) is 4.74 Å². The minimum absolute atomic E-state index is 0.0359. The van der Waals surface area contributed by atoms with Gasteiger partial charge in [-0.25, -0.2) is 4.79 Å². The number of ether oxygens (including phenoxy) is 1. The fourth-order valence-electron chi connectivity index (χ4n) is 4.82. The number of hydrogen-bond donors (Lipinski definition) is 0. The number of unbranched alkanes of at least 4 members (excludes halogenated alkanes) is 13. The summed E-state index contributed by atoms with van der Waals surface area (Å²) < 4.78 is 5.13. The first-order valence-electron chi connectivity index (χ1n) is 13.5. The summed E-state index contributed by atoms with van der Waals surface area (Å²) in [5.41, 5.74) is 2.91. The van der Waals surface area contributed by atoms with Gasteiger partial charge in [-0.1, -0.05) is 127 Å². The van der Waals surface area contributed by atoms with E-state index < -0.39 is 0 Å². The molecule has 3 nitrogen and oxygen atoms in total. The predicted molar refractivity (Wildman–Crippen MR) is 140 cm³/mol. The van der Waals surface area contributed by atoms with E-state index in [0.29, 0.717) is 0 Å². The normalized spacial score (nSPS) is 15.8. The zero-order chi connectivity index (χ0) is 23.7. The van der Waals surface area contributed by atoms with E-state index in [1.165, 1.54) is 90.6 Å². The summed E-state index contributed by atoms with van der Waals surface area (Å²) in [6.07, 6.45) is 23.5. The van der Waals surface area contributed by atoms with Gasteiger partial charge in [0.25, 0.3) is 0 Å². The molecule has 1 heterocycles. The average molecular weight is 454 g/mol. The van der Waals surface area contributed by atoms with Crippen molar-refractivity contribution in [1.82, 2.24) is 4.90 Å². The van der Waals surface area contributed by atoms with Crippen molar-refractivity contribution in [3.05, 3.63) is 59.4 Å². The second kappa shape index (κ2) is 16.6. The molecule has 0 radical (unpaired) electrons. The molecule has 33 heavy (non-hydrogen) atoms. The number of benzene rings is 1. The Morgan fingerprint density at radius 1 is 0.818 bits per heavy atom. The molecule has 0 bridgehead atoms. The van der Waals surface area contributed by atoms with Crippen molar-refractivity contribution in [3.63, 3.8) is 0 Å². The summed E-state index contributed by atoms with van der Waals surface area (Å²) in [5.74, 6) is -0.261. The van der Waals surface area contributed by atoms with Gasteiger partial charge in [0.1, 0.15) is 0 Å². The van der Waals surface area contributed by atoms with E-state index in [1.807, 2.05) is 18.2 Å². The SMILES string of the molecule is CCCCCCCCCCCCCCCCN1C=CC(c2ccccc2)C(C(=O)OC)=C1C. The van der Waals surface area contributed by atoms with E-state index in [0.717, 1.165) is 29.8 Å². The number of carbonyl (C=O) groups is 1. The Kier molecular flexibility index (Phi) is 13.7. The molecule has 0 saturated heterocycles. The fourth-order valence-corrected chi connectivity index (χ4v) is 4.82. The third-order valence-corrected chi connectivity index (χ3v) is 6.91. The van der Waals surface area contributed by atoms with Gasteiger partial charge in [-0.05, 0) is 18.9 Å². The van der Waals surface area contributed by atoms with Crippen LogP contribution in [0.3, 0.4) is 0 Å². The van der Waals surface area contributed by atoms with Crippen LogP contribution in [-0.2, 0) is 9.53 Å². The summed E-state index contributed by atoms with van der Waals surface area (Å²) in [4.78, 5) is 14.8. The zero-order valence-electron chi connectivity index (χ0n) is 21.5. The summed E-state index contributed by atoms with van der Waals surface area (Å²) in [7, 11) is 1.47. The second-order valence-corrected chi connectivity index (χ2v) is 9.51. The van der Waals surface area contributed by atoms with Gasteiger partial charge < -0.3 is 9.64 Å². The van der Waals surface area contributed by atoms with Crippen LogP contribution < -0.4 is 0 Å². The van der Waals surface area contributed by atoms with Crippen LogP contribution in [0.2, 0.25) is 0 Å². The van der Waals surface area contributed by atoms with Crippen LogP contribution in [-0.4, -0.2) is 24.5 Å². The van der Waals surface area contributed by atoms with Crippen LogP contribution in [0.1, 0.15) is 115 Å². The highest BCUT2D eigenvalue weighted by molar-refractivity contribution is 5.91. The maximum absolute atomic E-state index is 12.6. The van der Waals surface area contributed by atoms with Gasteiger partial charge in [0.05, 0.1) is 12.7 Å². The summed E-state index contributed by atoms with van der Waals surface area (Å²) in [6, 6.07) is 10.2. The molecule has 0 amide bonds. The van der Waals surface area contributed by atoms with Crippen LogP contribution in [0.4, 0.5) is 0 Å². The smallest absolute Gasteiger partial charge is 0.336 e. The predicted octanol–water partition coefficient (Wildman–Crippen LogP) is 8.53. The Morgan fingerprint density at radius 3 is 1.85 bits per heavy atom. The Bertz CT molecular complexity index is 722. The molecule has 0 saturated carbocycles. The maximum atomic E-state index is 12.6. The van der Waals surface area contributed by atoms with Gasteiger partial charge in [-0.15, -0.1) is 0 Å². The number of methoxy groups -OCH3 is 1. The Labute approximate surface area is 203 Å². The van der Waals surface area contributed by atoms with Gasteiger partial charge in [-0.3, -0.25) is 0 Å². The average Bonchev–Trinajstić information content (AvgIpc) is 2.85. The van der Waals surface area contributed by atoms with Crippen LogP contribution in [0.15, 0.2) is 53.9 Å². The van der Waals surface area contributed by atoms with Crippen molar-refractivity contribution in [2.24, 2.45) is 0 Å². The quantitative estimate of drug-likeness (QED) is 0.175. The van der Waals surface area contributed by atoms with E-state index >= 15 is 0 Å². The lowest BCUT2D eigenvalue weighted by atomic mass is 9.87. The third-order valence-electron chi connectivity index (χ3n) is 6.91.